The van der Waals surface area contributed by atoms with Crippen LogP contribution in [-0.4, -0.2) is 23.6 Å². The van der Waals surface area contributed by atoms with Gasteiger partial charge >= 0.3 is 11.9 Å². The number of esters is 2. The summed E-state index contributed by atoms with van der Waals surface area (Å²) in [7, 11) is 0. The lowest BCUT2D eigenvalue weighted by atomic mass is 9.50. The van der Waals surface area contributed by atoms with Crippen LogP contribution in [0.5, 0.6) is 0 Å². The topological polar surface area (TPSA) is 52.6 Å². The van der Waals surface area contributed by atoms with Crippen molar-refractivity contribution in [1.29, 1.82) is 0 Å². The molecule has 0 heterocycles. The van der Waals surface area contributed by atoms with Crippen LogP contribution in [0.4, 0.5) is 0 Å². The molecule has 8 bridgehead atoms. The fourth-order valence-electron chi connectivity index (χ4n) is 11.0. The lowest BCUT2D eigenvalue weighted by Crippen LogP contribution is -2.58. The Morgan fingerprint density at radius 2 is 1.48 bits per heavy atom. The van der Waals surface area contributed by atoms with Gasteiger partial charge in [0.05, 0.1) is 11.8 Å². The molecule has 8 saturated carbocycles. The van der Waals surface area contributed by atoms with Gasteiger partial charge in [-0.25, -0.2) is 0 Å². The van der Waals surface area contributed by atoms with Crippen LogP contribution in [0, 0.1) is 71.0 Å². The van der Waals surface area contributed by atoms with Gasteiger partial charge in [-0.15, -0.1) is 0 Å². The van der Waals surface area contributed by atoms with E-state index in [1.54, 1.807) is 0 Å². The van der Waals surface area contributed by atoms with Crippen LogP contribution in [0.3, 0.4) is 0 Å². The van der Waals surface area contributed by atoms with E-state index in [9.17, 15) is 9.59 Å². The first-order chi connectivity index (χ1) is 15.9. The molecule has 0 aromatic heterocycles. The number of hydrogen-bond donors (Lipinski definition) is 0. The van der Waals surface area contributed by atoms with Crippen molar-refractivity contribution in [3.8, 4) is 0 Å². The quantitative estimate of drug-likeness (QED) is 0.399. The standard InChI is InChI=1S/C29H42O4/c1-4-14(2)27(30)32-24-13-18-12-23(24)26-21-10-17(25(18)26)11-22(21)28(31)33-29(3)19-6-15-5-16(8-19)9-20(29)7-15/h14-26H,4-13H2,1-3H3. The van der Waals surface area contributed by atoms with E-state index in [0.717, 1.165) is 37.0 Å². The molecule has 8 aliphatic rings. The number of fused-ring (bicyclic) bond motifs is 9. The van der Waals surface area contributed by atoms with Gasteiger partial charge in [-0.05, 0) is 130 Å². The second-order valence-electron chi connectivity index (χ2n) is 13.7. The molecule has 33 heavy (non-hydrogen) atoms. The van der Waals surface area contributed by atoms with Crippen molar-refractivity contribution in [1.82, 2.24) is 0 Å². The number of ether oxygens (including phenoxy) is 2. The van der Waals surface area contributed by atoms with Crippen molar-refractivity contribution >= 4 is 11.9 Å². The maximum absolute atomic E-state index is 13.7. The third-order valence-electron chi connectivity index (χ3n) is 12.4. The van der Waals surface area contributed by atoms with Gasteiger partial charge in [0.25, 0.3) is 0 Å². The average Bonchev–Trinajstić information content (AvgIpc) is 3.55. The summed E-state index contributed by atoms with van der Waals surface area (Å²) in [6.45, 7) is 6.32. The molecule has 0 aromatic carbocycles. The molecule has 9 atom stereocenters. The lowest BCUT2D eigenvalue weighted by molar-refractivity contribution is -0.209. The van der Waals surface area contributed by atoms with Crippen LogP contribution >= 0.6 is 0 Å². The largest absolute Gasteiger partial charge is 0.462 e. The smallest absolute Gasteiger partial charge is 0.309 e. The normalized spacial score (nSPS) is 55.6. The van der Waals surface area contributed by atoms with Crippen molar-refractivity contribution in [2.24, 2.45) is 71.0 Å². The van der Waals surface area contributed by atoms with Crippen LogP contribution in [0.25, 0.3) is 0 Å². The Labute approximate surface area is 198 Å². The maximum Gasteiger partial charge on any atom is 0.309 e. The van der Waals surface area contributed by atoms with E-state index in [2.05, 4.69) is 13.8 Å². The molecule has 0 radical (unpaired) electrons. The zero-order chi connectivity index (χ0) is 22.6. The number of carbonyl (C=O) groups excluding carboxylic acids is 2. The van der Waals surface area contributed by atoms with Crippen molar-refractivity contribution in [2.45, 2.75) is 96.7 Å². The zero-order valence-electron chi connectivity index (χ0n) is 20.7. The molecular formula is C29H42O4. The third-order valence-corrected chi connectivity index (χ3v) is 12.4. The summed E-state index contributed by atoms with van der Waals surface area (Å²) in [5.74, 6) is 6.90. The lowest BCUT2D eigenvalue weighted by Gasteiger charge is -2.59. The van der Waals surface area contributed by atoms with Crippen LogP contribution in [0.15, 0.2) is 0 Å². The molecule has 0 aliphatic heterocycles. The molecular weight excluding hydrogens is 412 g/mol. The Kier molecular flexibility index (Phi) is 4.65. The van der Waals surface area contributed by atoms with Crippen molar-refractivity contribution in [3.63, 3.8) is 0 Å². The number of carbonyl (C=O) groups is 2. The zero-order valence-corrected chi connectivity index (χ0v) is 20.7. The molecule has 8 rings (SSSR count). The van der Waals surface area contributed by atoms with Gasteiger partial charge in [0, 0.05) is 0 Å². The van der Waals surface area contributed by atoms with Crippen LogP contribution in [-0.2, 0) is 19.1 Å². The molecule has 9 unspecified atom stereocenters. The van der Waals surface area contributed by atoms with E-state index < -0.39 is 0 Å². The van der Waals surface area contributed by atoms with Crippen LogP contribution in [0.1, 0.15) is 85.0 Å². The van der Waals surface area contributed by atoms with Crippen molar-refractivity contribution in [3.05, 3.63) is 0 Å². The fraction of sp³-hybridized carbons (Fsp3) is 0.931. The highest BCUT2D eigenvalue weighted by Gasteiger charge is 2.67. The second-order valence-corrected chi connectivity index (χ2v) is 13.7. The van der Waals surface area contributed by atoms with Crippen molar-refractivity contribution in [2.75, 3.05) is 0 Å². The summed E-state index contributed by atoms with van der Waals surface area (Å²) in [5, 5.41) is 0. The fourth-order valence-corrected chi connectivity index (χ4v) is 11.0. The van der Waals surface area contributed by atoms with E-state index in [4.69, 9.17) is 9.47 Å². The molecule has 0 saturated heterocycles. The summed E-state index contributed by atoms with van der Waals surface area (Å²) < 4.78 is 12.6. The molecule has 0 N–H and O–H groups in total. The first-order valence-electron chi connectivity index (χ1n) is 14.3. The SMILES string of the molecule is CCC(C)C(=O)OC1CC2CC1C1C3CC(CC3C(=O)OC3(C)C4CC5CC(C4)CC3C5)C21. The molecule has 8 fully saturated rings. The van der Waals surface area contributed by atoms with Crippen LogP contribution in [0.2, 0.25) is 0 Å². The predicted octanol–water partition coefficient (Wildman–Crippen LogP) is 5.63. The molecule has 0 aromatic rings. The van der Waals surface area contributed by atoms with E-state index in [1.165, 1.54) is 44.9 Å². The van der Waals surface area contributed by atoms with E-state index in [1.807, 2.05) is 6.92 Å². The highest BCUT2D eigenvalue weighted by atomic mass is 16.6. The van der Waals surface area contributed by atoms with Gasteiger partial charge in [-0.1, -0.05) is 13.8 Å². The minimum absolute atomic E-state index is 0.00981. The summed E-state index contributed by atoms with van der Waals surface area (Å²) in [6.07, 6.45) is 12.0. The number of hydrogen-bond acceptors (Lipinski definition) is 4. The van der Waals surface area contributed by atoms with Gasteiger partial charge in [0.15, 0.2) is 0 Å². The first-order valence-corrected chi connectivity index (χ1v) is 14.3. The molecule has 0 spiro atoms. The summed E-state index contributed by atoms with van der Waals surface area (Å²) >= 11 is 0. The Morgan fingerprint density at radius 3 is 2.15 bits per heavy atom. The summed E-state index contributed by atoms with van der Waals surface area (Å²) in [6, 6.07) is 0. The van der Waals surface area contributed by atoms with Crippen LogP contribution < -0.4 is 0 Å². The highest BCUT2D eigenvalue weighted by Crippen LogP contribution is 2.69. The van der Waals surface area contributed by atoms with E-state index in [0.29, 0.717) is 41.4 Å². The van der Waals surface area contributed by atoms with Gasteiger partial charge in [-0.3, -0.25) is 9.59 Å². The Morgan fingerprint density at radius 1 is 0.848 bits per heavy atom. The number of rotatable bonds is 5. The third kappa shape index (κ3) is 2.94. The van der Waals surface area contributed by atoms with Gasteiger partial charge in [-0.2, -0.15) is 0 Å². The second kappa shape index (κ2) is 7.23. The van der Waals surface area contributed by atoms with Gasteiger partial charge in [0.1, 0.15) is 11.7 Å². The molecule has 4 nitrogen and oxygen atoms in total. The maximum atomic E-state index is 13.7. The molecule has 0 amide bonds. The van der Waals surface area contributed by atoms with Gasteiger partial charge < -0.3 is 9.47 Å². The molecule has 8 aliphatic carbocycles. The van der Waals surface area contributed by atoms with E-state index in [-0.39, 0.29) is 35.5 Å². The average molecular weight is 455 g/mol. The highest BCUT2D eigenvalue weighted by molar-refractivity contribution is 5.74. The molecule has 182 valence electrons. The first kappa shape index (κ1) is 21.2. The minimum atomic E-state index is -0.214. The Hall–Kier alpha value is -1.06. The minimum Gasteiger partial charge on any atom is -0.462 e. The van der Waals surface area contributed by atoms with E-state index >= 15 is 0 Å². The predicted molar refractivity (Wildman–Crippen MR) is 124 cm³/mol. The summed E-state index contributed by atoms with van der Waals surface area (Å²) in [4.78, 5) is 26.2. The Balaban J connectivity index is 1.06. The van der Waals surface area contributed by atoms with Crippen molar-refractivity contribution < 1.29 is 19.1 Å². The van der Waals surface area contributed by atoms with Gasteiger partial charge in [0.2, 0.25) is 0 Å². The molecule has 4 heteroatoms. The monoisotopic (exact) mass is 454 g/mol. The summed E-state index contributed by atoms with van der Waals surface area (Å²) in [5.41, 5.74) is -0.214. The Bertz CT molecular complexity index is 821.